The van der Waals surface area contributed by atoms with Gasteiger partial charge in [0, 0.05) is 0 Å². The Morgan fingerprint density at radius 2 is 2.00 bits per heavy atom. The molecule has 0 aliphatic heterocycles. The fourth-order valence-electron chi connectivity index (χ4n) is 0.759. The first-order valence-electron chi connectivity index (χ1n) is 3.67. The van der Waals surface area contributed by atoms with Crippen LogP contribution in [-0.4, -0.2) is 18.1 Å². The molecule has 0 fully saturated rings. The van der Waals surface area contributed by atoms with Crippen molar-refractivity contribution < 1.29 is 14.3 Å². The van der Waals surface area contributed by atoms with E-state index in [2.05, 4.69) is 20.7 Å². The zero-order chi connectivity index (χ0) is 9.68. The van der Waals surface area contributed by atoms with Crippen molar-refractivity contribution in [3.8, 4) is 5.75 Å². The van der Waals surface area contributed by atoms with Gasteiger partial charge >= 0.3 is 5.97 Å². The van der Waals surface area contributed by atoms with E-state index in [1.165, 1.54) is 7.11 Å². The van der Waals surface area contributed by atoms with Gasteiger partial charge < -0.3 is 9.47 Å². The third-order valence-corrected chi connectivity index (χ3v) is 1.93. The minimum Gasteiger partial charge on any atom is -0.467 e. The van der Waals surface area contributed by atoms with Crippen LogP contribution in [-0.2, 0) is 9.53 Å². The van der Waals surface area contributed by atoms with Crippen LogP contribution in [0.1, 0.15) is 0 Å². The fraction of sp³-hybridized carbons (Fsp3) is 0.222. The summed E-state index contributed by atoms with van der Waals surface area (Å²) in [6.07, 6.45) is 0. The van der Waals surface area contributed by atoms with Gasteiger partial charge in [-0.1, -0.05) is 18.2 Å². The standard InChI is InChI=1S/C9H9BrO3/c1-12-9(11)8(10)13-7-5-3-2-4-6-7/h2-6,8H,1H3. The highest BCUT2D eigenvalue weighted by Crippen LogP contribution is 2.14. The average molecular weight is 245 g/mol. The van der Waals surface area contributed by atoms with Crippen molar-refractivity contribution in [3.05, 3.63) is 30.3 Å². The number of carbonyl (C=O) groups is 1. The van der Waals surface area contributed by atoms with E-state index in [1.54, 1.807) is 12.1 Å². The second kappa shape index (κ2) is 4.87. The summed E-state index contributed by atoms with van der Waals surface area (Å²) in [5.41, 5.74) is 0. The van der Waals surface area contributed by atoms with E-state index in [1.807, 2.05) is 18.2 Å². The number of halogens is 1. The van der Waals surface area contributed by atoms with Crippen molar-refractivity contribution in [1.29, 1.82) is 0 Å². The van der Waals surface area contributed by atoms with Gasteiger partial charge in [0.2, 0.25) is 5.01 Å². The van der Waals surface area contributed by atoms with Crippen molar-refractivity contribution in [1.82, 2.24) is 0 Å². The highest BCUT2D eigenvalue weighted by Gasteiger charge is 2.16. The molecule has 0 radical (unpaired) electrons. The maximum Gasteiger partial charge on any atom is 0.358 e. The Labute approximate surface area is 84.8 Å². The molecule has 0 aliphatic rings. The zero-order valence-electron chi connectivity index (χ0n) is 7.07. The fourth-order valence-corrected chi connectivity index (χ4v) is 1.16. The first kappa shape index (κ1) is 10.1. The number of carbonyl (C=O) groups excluding carboxylic acids is 1. The zero-order valence-corrected chi connectivity index (χ0v) is 8.65. The molecule has 0 spiro atoms. The van der Waals surface area contributed by atoms with E-state index >= 15 is 0 Å². The molecule has 0 N–H and O–H groups in total. The lowest BCUT2D eigenvalue weighted by atomic mass is 10.3. The lowest BCUT2D eigenvalue weighted by molar-refractivity contribution is -0.144. The lowest BCUT2D eigenvalue weighted by Gasteiger charge is -2.09. The number of para-hydroxylation sites is 1. The molecule has 3 nitrogen and oxygen atoms in total. The maximum absolute atomic E-state index is 10.9. The number of alkyl halides is 1. The number of hydrogen-bond donors (Lipinski definition) is 0. The van der Waals surface area contributed by atoms with E-state index in [9.17, 15) is 4.79 Å². The van der Waals surface area contributed by atoms with Crippen LogP contribution in [0, 0.1) is 0 Å². The van der Waals surface area contributed by atoms with Gasteiger partial charge in [0.15, 0.2) is 0 Å². The second-order valence-electron chi connectivity index (χ2n) is 2.27. The minimum atomic E-state index is -0.750. The van der Waals surface area contributed by atoms with Crippen LogP contribution in [0.3, 0.4) is 0 Å². The molecular formula is C9H9BrO3. The molecule has 0 saturated heterocycles. The Morgan fingerprint density at radius 3 is 2.54 bits per heavy atom. The van der Waals surface area contributed by atoms with Gasteiger partial charge in [0.25, 0.3) is 0 Å². The number of methoxy groups -OCH3 is 1. The van der Waals surface area contributed by atoms with Gasteiger partial charge in [-0.2, -0.15) is 0 Å². The highest BCUT2D eigenvalue weighted by molar-refractivity contribution is 9.09. The van der Waals surface area contributed by atoms with Crippen LogP contribution >= 0.6 is 15.9 Å². The molecule has 1 aromatic rings. The molecular weight excluding hydrogens is 236 g/mol. The predicted octanol–water partition coefficient (Wildman–Crippen LogP) is 1.96. The first-order chi connectivity index (χ1) is 6.24. The van der Waals surface area contributed by atoms with Gasteiger partial charge in [-0.3, -0.25) is 0 Å². The summed E-state index contributed by atoms with van der Waals surface area (Å²) in [5, 5.41) is -0.750. The van der Waals surface area contributed by atoms with Crippen LogP contribution in [0.15, 0.2) is 30.3 Å². The Balaban J connectivity index is 2.55. The lowest BCUT2D eigenvalue weighted by Crippen LogP contribution is -2.21. The van der Waals surface area contributed by atoms with Crippen molar-refractivity contribution in [2.45, 2.75) is 5.01 Å². The molecule has 1 atom stereocenters. The van der Waals surface area contributed by atoms with Crippen molar-refractivity contribution >= 4 is 21.9 Å². The molecule has 13 heavy (non-hydrogen) atoms. The monoisotopic (exact) mass is 244 g/mol. The largest absolute Gasteiger partial charge is 0.467 e. The number of hydrogen-bond acceptors (Lipinski definition) is 3. The van der Waals surface area contributed by atoms with E-state index in [4.69, 9.17) is 4.74 Å². The Bertz CT molecular complexity index is 273. The third-order valence-electron chi connectivity index (χ3n) is 1.37. The van der Waals surface area contributed by atoms with Gasteiger partial charge in [-0.25, -0.2) is 4.79 Å². The molecule has 0 bridgehead atoms. The summed E-state index contributed by atoms with van der Waals surface area (Å²) in [7, 11) is 1.31. The van der Waals surface area contributed by atoms with Crippen LogP contribution < -0.4 is 4.74 Å². The summed E-state index contributed by atoms with van der Waals surface area (Å²) in [5.74, 6) is 0.165. The minimum absolute atomic E-state index is 0.455. The normalized spacial score (nSPS) is 11.8. The second-order valence-corrected chi connectivity index (χ2v) is 3.10. The molecule has 1 unspecified atom stereocenters. The third kappa shape index (κ3) is 3.06. The number of benzene rings is 1. The van der Waals surface area contributed by atoms with Crippen molar-refractivity contribution in [2.24, 2.45) is 0 Å². The molecule has 0 aromatic heterocycles. The number of ether oxygens (including phenoxy) is 2. The Morgan fingerprint density at radius 1 is 1.38 bits per heavy atom. The van der Waals surface area contributed by atoms with E-state index in [0.717, 1.165) is 0 Å². The van der Waals surface area contributed by atoms with Gasteiger partial charge in [0.1, 0.15) is 5.75 Å². The smallest absolute Gasteiger partial charge is 0.358 e. The van der Waals surface area contributed by atoms with Crippen LogP contribution in [0.4, 0.5) is 0 Å². The van der Waals surface area contributed by atoms with Crippen molar-refractivity contribution in [3.63, 3.8) is 0 Å². The average Bonchev–Trinajstić information content (AvgIpc) is 2.18. The number of rotatable bonds is 3. The summed E-state index contributed by atoms with van der Waals surface area (Å²) >= 11 is 3.04. The molecule has 0 amide bonds. The molecule has 0 saturated carbocycles. The van der Waals surface area contributed by atoms with Gasteiger partial charge in [0.05, 0.1) is 7.11 Å². The summed E-state index contributed by atoms with van der Waals surface area (Å²) in [6, 6.07) is 9.04. The topological polar surface area (TPSA) is 35.5 Å². The molecule has 4 heteroatoms. The highest BCUT2D eigenvalue weighted by atomic mass is 79.9. The Hall–Kier alpha value is -1.03. The maximum atomic E-state index is 10.9. The van der Waals surface area contributed by atoms with E-state index < -0.39 is 11.0 Å². The SMILES string of the molecule is COC(=O)C(Br)Oc1ccccc1. The molecule has 0 aliphatic carbocycles. The van der Waals surface area contributed by atoms with Crippen LogP contribution in [0.5, 0.6) is 5.75 Å². The van der Waals surface area contributed by atoms with E-state index in [-0.39, 0.29) is 0 Å². The summed E-state index contributed by atoms with van der Waals surface area (Å²) < 4.78 is 9.68. The summed E-state index contributed by atoms with van der Waals surface area (Å²) in [6.45, 7) is 0. The van der Waals surface area contributed by atoms with Crippen LogP contribution in [0.2, 0.25) is 0 Å². The quantitative estimate of drug-likeness (QED) is 0.603. The van der Waals surface area contributed by atoms with Gasteiger partial charge in [-0.15, -0.1) is 0 Å². The molecule has 70 valence electrons. The number of esters is 1. The molecule has 1 aromatic carbocycles. The van der Waals surface area contributed by atoms with E-state index in [0.29, 0.717) is 5.75 Å². The molecule has 0 heterocycles. The first-order valence-corrected chi connectivity index (χ1v) is 4.59. The molecule has 1 rings (SSSR count). The van der Waals surface area contributed by atoms with Gasteiger partial charge in [-0.05, 0) is 28.1 Å². The Kier molecular flexibility index (Phi) is 3.76. The van der Waals surface area contributed by atoms with Crippen LogP contribution in [0.25, 0.3) is 0 Å². The summed E-state index contributed by atoms with van der Waals surface area (Å²) in [4.78, 5) is 10.9. The predicted molar refractivity (Wildman–Crippen MR) is 51.8 cm³/mol. The van der Waals surface area contributed by atoms with Crippen molar-refractivity contribution in [2.75, 3.05) is 7.11 Å².